The molecule has 0 aliphatic rings. The molecule has 3 nitrogen and oxygen atoms in total. The molecular formula is C24H47N3. The Hall–Kier alpha value is -1.06. The molecule has 1 aromatic carbocycles. The van der Waals surface area contributed by atoms with Gasteiger partial charge in [0.2, 0.25) is 0 Å². The van der Waals surface area contributed by atoms with E-state index in [2.05, 4.69) is 60.8 Å². The molecule has 0 atom stereocenters. The molecule has 1 aromatic rings. The molecule has 0 radical (unpaired) electrons. The summed E-state index contributed by atoms with van der Waals surface area (Å²) >= 11 is 0. The van der Waals surface area contributed by atoms with Crippen LogP contribution < -0.4 is 16.6 Å². The predicted octanol–water partition coefficient (Wildman–Crippen LogP) is 6.81. The second-order valence-electron chi connectivity index (χ2n) is 7.57. The van der Waals surface area contributed by atoms with Gasteiger partial charge in [-0.1, -0.05) is 109 Å². The largest absolute Gasteiger partial charge is 0.372 e. The highest BCUT2D eigenvalue weighted by molar-refractivity contribution is 5.45. The second-order valence-corrected chi connectivity index (χ2v) is 7.57. The van der Waals surface area contributed by atoms with E-state index in [-0.39, 0.29) is 0 Å². The lowest BCUT2D eigenvalue weighted by Crippen LogP contribution is -2.25. The summed E-state index contributed by atoms with van der Waals surface area (Å²) in [6.45, 7) is 7.05. The summed E-state index contributed by atoms with van der Waals surface area (Å²) in [7, 11) is 0. The molecule has 0 heterocycles. The second kappa shape index (κ2) is 21.2. The van der Waals surface area contributed by atoms with E-state index in [0.717, 1.165) is 0 Å². The summed E-state index contributed by atoms with van der Waals surface area (Å²) in [5, 5.41) is 0. The van der Waals surface area contributed by atoms with E-state index < -0.39 is 0 Å². The first-order valence-corrected chi connectivity index (χ1v) is 11.5. The first-order chi connectivity index (χ1) is 13.4. The van der Waals surface area contributed by atoms with Crippen LogP contribution in [-0.2, 0) is 0 Å². The summed E-state index contributed by atoms with van der Waals surface area (Å²) in [6.07, 6.45) is 19.5. The molecule has 0 amide bonds. The van der Waals surface area contributed by atoms with Crippen molar-refractivity contribution in [1.82, 2.24) is 0 Å². The van der Waals surface area contributed by atoms with Gasteiger partial charge in [-0.25, -0.2) is 0 Å². The lowest BCUT2D eigenvalue weighted by atomic mass is 10.1. The van der Waals surface area contributed by atoms with Gasteiger partial charge in [0.1, 0.15) is 0 Å². The van der Waals surface area contributed by atoms with Crippen LogP contribution in [0.5, 0.6) is 0 Å². The third-order valence-corrected chi connectivity index (χ3v) is 5.18. The van der Waals surface area contributed by atoms with E-state index in [0.29, 0.717) is 0 Å². The fourth-order valence-corrected chi connectivity index (χ4v) is 3.53. The number of nitrogens with zero attached hydrogens (tertiary/aromatic N) is 1. The Morgan fingerprint density at radius 3 is 1.33 bits per heavy atom. The van der Waals surface area contributed by atoms with Crippen molar-refractivity contribution < 1.29 is 0 Å². The zero-order valence-electron chi connectivity index (χ0n) is 18.3. The number of hydrogen-bond acceptors (Lipinski definition) is 3. The number of hydrazine groups is 1. The lowest BCUT2D eigenvalue weighted by molar-refractivity contribution is 0.564. The Labute approximate surface area is 169 Å². The van der Waals surface area contributed by atoms with Crippen LogP contribution in [-0.4, -0.2) is 13.1 Å². The summed E-state index contributed by atoms with van der Waals surface area (Å²) in [5.41, 5.74) is 1.42. The number of rotatable bonds is 17. The van der Waals surface area contributed by atoms with Gasteiger partial charge >= 0.3 is 0 Å². The van der Waals surface area contributed by atoms with Crippen LogP contribution in [0.4, 0.5) is 5.69 Å². The van der Waals surface area contributed by atoms with Crippen LogP contribution >= 0.6 is 0 Å². The minimum atomic E-state index is 1.23. The standard InChI is InChI=1S/C24H43N.H4N2/c1-3-5-7-9-11-13-18-22-25(24-20-16-15-17-21-24)23-19-14-12-10-8-6-4-2;1-2/h15-17,20-21H,3-14,18-19,22-23H2,1-2H3;1-2H2. The molecule has 0 saturated heterocycles. The number of hydrogen-bond donors (Lipinski definition) is 2. The van der Waals surface area contributed by atoms with E-state index in [9.17, 15) is 0 Å². The zero-order valence-corrected chi connectivity index (χ0v) is 18.3. The fraction of sp³-hybridized carbons (Fsp3) is 0.750. The maximum Gasteiger partial charge on any atom is 0.0366 e. The van der Waals surface area contributed by atoms with Crippen molar-refractivity contribution in [2.45, 2.75) is 104 Å². The van der Waals surface area contributed by atoms with Crippen LogP contribution in [0.15, 0.2) is 30.3 Å². The molecule has 0 aliphatic carbocycles. The Bertz CT molecular complexity index is 362. The zero-order chi connectivity index (χ0) is 20.0. The van der Waals surface area contributed by atoms with Gasteiger partial charge in [0.25, 0.3) is 0 Å². The minimum Gasteiger partial charge on any atom is -0.372 e. The topological polar surface area (TPSA) is 55.3 Å². The van der Waals surface area contributed by atoms with Crippen molar-refractivity contribution in [3.8, 4) is 0 Å². The highest BCUT2D eigenvalue weighted by atomic mass is 15.1. The maximum atomic E-state index is 4.00. The summed E-state index contributed by atoms with van der Waals surface area (Å²) in [6, 6.07) is 11.0. The van der Waals surface area contributed by atoms with Gasteiger partial charge in [0, 0.05) is 18.8 Å². The molecule has 1 rings (SSSR count). The van der Waals surface area contributed by atoms with Crippen LogP contribution in [0.2, 0.25) is 0 Å². The van der Waals surface area contributed by atoms with Gasteiger partial charge in [-0.05, 0) is 25.0 Å². The Kier molecular flexibility index (Phi) is 20.4. The molecule has 0 spiro atoms. The molecule has 0 aromatic heterocycles. The molecule has 27 heavy (non-hydrogen) atoms. The molecule has 0 aliphatic heterocycles. The van der Waals surface area contributed by atoms with Gasteiger partial charge in [-0.3, -0.25) is 11.7 Å². The van der Waals surface area contributed by atoms with Crippen molar-refractivity contribution in [1.29, 1.82) is 0 Å². The van der Waals surface area contributed by atoms with E-state index in [4.69, 9.17) is 0 Å². The molecule has 158 valence electrons. The predicted molar refractivity (Wildman–Crippen MR) is 123 cm³/mol. The van der Waals surface area contributed by atoms with E-state index in [1.165, 1.54) is 109 Å². The van der Waals surface area contributed by atoms with E-state index >= 15 is 0 Å². The first-order valence-electron chi connectivity index (χ1n) is 11.5. The lowest BCUT2D eigenvalue weighted by Gasteiger charge is -2.25. The first kappa shape index (κ1) is 25.9. The number of anilines is 1. The summed E-state index contributed by atoms with van der Waals surface area (Å²) in [4.78, 5) is 2.62. The van der Waals surface area contributed by atoms with Gasteiger partial charge in [0.15, 0.2) is 0 Å². The highest BCUT2D eigenvalue weighted by Gasteiger charge is 2.05. The minimum absolute atomic E-state index is 1.23. The molecular weight excluding hydrogens is 330 g/mol. The number of benzene rings is 1. The van der Waals surface area contributed by atoms with Crippen LogP contribution in [0.3, 0.4) is 0 Å². The molecule has 0 unspecified atom stereocenters. The Balaban J connectivity index is 0.00000326. The van der Waals surface area contributed by atoms with Crippen LogP contribution in [0.25, 0.3) is 0 Å². The van der Waals surface area contributed by atoms with Crippen molar-refractivity contribution in [2.75, 3.05) is 18.0 Å². The summed E-state index contributed by atoms with van der Waals surface area (Å²) in [5.74, 6) is 8.00. The van der Waals surface area contributed by atoms with E-state index in [1.54, 1.807) is 0 Å². The van der Waals surface area contributed by atoms with Gasteiger partial charge in [0.05, 0.1) is 0 Å². The number of para-hydroxylation sites is 1. The fourth-order valence-electron chi connectivity index (χ4n) is 3.53. The van der Waals surface area contributed by atoms with Crippen LogP contribution in [0.1, 0.15) is 104 Å². The summed E-state index contributed by atoms with van der Waals surface area (Å²) < 4.78 is 0. The highest BCUT2D eigenvalue weighted by Crippen LogP contribution is 2.17. The van der Waals surface area contributed by atoms with Gasteiger partial charge in [-0.15, -0.1) is 0 Å². The molecule has 0 fully saturated rings. The molecule has 3 heteroatoms. The average Bonchev–Trinajstić information content (AvgIpc) is 2.73. The van der Waals surface area contributed by atoms with Gasteiger partial charge in [-0.2, -0.15) is 0 Å². The SMILES string of the molecule is CCCCCCCCCN(CCCCCCCCC)c1ccccc1.NN. The van der Waals surface area contributed by atoms with Crippen molar-refractivity contribution in [3.63, 3.8) is 0 Å². The Morgan fingerprint density at radius 1 is 0.556 bits per heavy atom. The third kappa shape index (κ3) is 15.7. The van der Waals surface area contributed by atoms with Crippen molar-refractivity contribution in [3.05, 3.63) is 30.3 Å². The molecule has 0 saturated carbocycles. The van der Waals surface area contributed by atoms with E-state index in [1.807, 2.05) is 0 Å². The third-order valence-electron chi connectivity index (χ3n) is 5.18. The van der Waals surface area contributed by atoms with Crippen LogP contribution in [0, 0.1) is 0 Å². The quantitative estimate of drug-likeness (QED) is 0.178. The number of unbranched alkanes of at least 4 members (excludes halogenated alkanes) is 12. The molecule has 4 N–H and O–H groups in total. The normalized spacial score (nSPS) is 10.4. The average molecular weight is 378 g/mol. The smallest absolute Gasteiger partial charge is 0.0366 e. The molecule has 0 bridgehead atoms. The Morgan fingerprint density at radius 2 is 0.926 bits per heavy atom. The van der Waals surface area contributed by atoms with Crippen molar-refractivity contribution >= 4 is 5.69 Å². The maximum absolute atomic E-state index is 4.00. The number of nitrogens with two attached hydrogens (primary N) is 2. The van der Waals surface area contributed by atoms with Gasteiger partial charge < -0.3 is 4.90 Å². The van der Waals surface area contributed by atoms with Crippen molar-refractivity contribution in [2.24, 2.45) is 11.7 Å². The monoisotopic (exact) mass is 377 g/mol.